The van der Waals surface area contributed by atoms with Crippen LogP contribution in [0.2, 0.25) is 0 Å². The number of hydrogen-bond donors (Lipinski definition) is 1. The highest BCUT2D eigenvalue weighted by Crippen LogP contribution is 2.36. The molecule has 0 saturated carbocycles. The van der Waals surface area contributed by atoms with Gasteiger partial charge in [-0.3, -0.25) is 4.79 Å². The summed E-state index contributed by atoms with van der Waals surface area (Å²) in [5.41, 5.74) is 2.84. The number of rotatable bonds is 16. The van der Waals surface area contributed by atoms with E-state index >= 15 is 0 Å². The van der Waals surface area contributed by atoms with E-state index in [-0.39, 0.29) is 24.7 Å². The van der Waals surface area contributed by atoms with E-state index in [9.17, 15) is 9.90 Å². The zero-order valence-electron chi connectivity index (χ0n) is 27.0. The fourth-order valence-corrected chi connectivity index (χ4v) is 5.63. The zero-order chi connectivity index (χ0) is 32.3. The predicted octanol–water partition coefficient (Wildman–Crippen LogP) is 5.53. The van der Waals surface area contributed by atoms with E-state index in [1.54, 1.807) is 28.3 Å². The summed E-state index contributed by atoms with van der Waals surface area (Å²) >= 11 is 0. The normalized spacial score (nSPS) is 22.8. The standard InChI is InChI=1S/C36H46O9/c1-23(37)19-32-36(44-22-28-11-17-31(41-6)18-12-28)33(42-20-26-7-13-29(39-4)14-8-26)24(2)34(45-32)35(25(3)38)43-21-27-9-15-30(40-5)16-10-27/h7-18,24-25,32-36,38H,19-22H2,1-6H3/t24-,25-,32-,33-,34-,35-,36-/m1/s1. The van der Waals surface area contributed by atoms with Gasteiger partial charge in [-0.2, -0.15) is 0 Å². The maximum atomic E-state index is 12.5. The molecule has 0 radical (unpaired) electrons. The Bertz CT molecular complexity index is 1310. The quantitative estimate of drug-likeness (QED) is 0.221. The second-order valence-corrected chi connectivity index (χ2v) is 11.5. The Labute approximate surface area is 266 Å². The lowest BCUT2D eigenvalue weighted by molar-refractivity contribution is -0.261. The molecular weight excluding hydrogens is 576 g/mol. The van der Waals surface area contributed by atoms with E-state index in [1.165, 1.54) is 6.92 Å². The fourth-order valence-electron chi connectivity index (χ4n) is 5.63. The molecule has 0 amide bonds. The molecule has 1 aliphatic heterocycles. The lowest BCUT2D eigenvalue weighted by atomic mass is 9.83. The molecule has 0 aromatic heterocycles. The van der Waals surface area contributed by atoms with Gasteiger partial charge in [0.1, 0.15) is 35.2 Å². The van der Waals surface area contributed by atoms with Gasteiger partial charge in [0.15, 0.2) is 0 Å². The largest absolute Gasteiger partial charge is 0.497 e. The molecule has 9 heteroatoms. The molecule has 4 rings (SSSR count). The Morgan fingerprint density at radius 2 is 1.16 bits per heavy atom. The average Bonchev–Trinajstić information content (AvgIpc) is 3.05. The van der Waals surface area contributed by atoms with Crippen LogP contribution in [0, 0.1) is 5.92 Å². The molecule has 9 nitrogen and oxygen atoms in total. The molecule has 3 aromatic carbocycles. The summed E-state index contributed by atoms with van der Waals surface area (Å²) in [4.78, 5) is 12.5. The molecular formula is C36H46O9. The van der Waals surface area contributed by atoms with E-state index in [1.807, 2.05) is 79.7 Å². The highest BCUT2D eigenvalue weighted by molar-refractivity contribution is 5.76. The molecule has 0 unspecified atom stereocenters. The number of ether oxygens (including phenoxy) is 7. The molecule has 0 spiro atoms. The second-order valence-electron chi connectivity index (χ2n) is 11.5. The number of methoxy groups -OCH3 is 3. The molecule has 45 heavy (non-hydrogen) atoms. The van der Waals surface area contributed by atoms with Crippen molar-refractivity contribution in [3.63, 3.8) is 0 Å². The Morgan fingerprint density at radius 1 is 0.733 bits per heavy atom. The van der Waals surface area contributed by atoms with Gasteiger partial charge in [-0.15, -0.1) is 0 Å². The van der Waals surface area contributed by atoms with Crippen molar-refractivity contribution in [2.75, 3.05) is 21.3 Å². The average molecular weight is 623 g/mol. The first-order chi connectivity index (χ1) is 21.7. The first kappa shape index (κ1) is 34.4. The van der Waals surface area contributed by atoms with Gasteiger partial charge in [0.2, 0.25) is 0 Å². The van der Waals surface area contributed by atoms with Crippen molar-refractivity contribution in [2.24, 2.45) is 5.92 Å². The third-order valence-electron chi connectivity index (χ3n) is 8.15. The lowest BCUT2D eigenvalue weighted by Gasteiger charge is -2.48. The van der Waals surface area contributed by atoms with Gasteiger partial charge in [-0.05, 0) is 66.9 Å². The summed E-state index contributed by atoms with van der Waals surface area (Å²) in [7, 11) is 4.88. The third kappa shape index (κ3) is 9.51. The van der Waals surface area contributed by atoms with E-state index in [0.29, 0.717) is 13.2 Å². The van der Waals surface area contributed by atoms with Crippen LogP contribution in [0.4, 0.5) is 0 Å². The number of hydrogen-bond acceptors (Lipinski definition) is 9. The minimum atomic E-state index is -0.854. The van der Waals surface area contributed by atoms with Gasteiger partial charge in [0, 0.05) is 12.3 Å². The summed E-state index contributed by atoms with van der Waals surface area (Å²) in [6, 6.07) is 22.9. The number of carbonyl (C=O) groups is 1. The van der Waals surface area contributed by atoms with Crippen LogP contribution < -0.4 is 14.2 Å². The van der Waals surface area contributed by atoms with Crippen LogP contribution in [-0.2, 0) is 43.6 Å². The number of Topliss-reactive ketones (excluding diaryl/α,β-unsaturated/α-hetero) is 1. The molecule has 1 fully saturated rings. The van der Waals surface area contributed by atoms with Gasteiger partial charge in [-0.1, -0.05) is 43.3 Å². The molecule has 244 valence electrons. The predicted molar refractivity (Wildman–Crippen MR) is 170 cm³/mol. The first-order valence-electron chi connectivity index (χ1n) is 15.3. The van der Waals surface area contributed by atoms with Gasteiger partial charge >= 0.3 is 0 Å². The minimum absolute atomic E-state index is 0.0343. The summed E-state index contributed by atoms with van der Waals surface area (Å²) in [5, 5.41) is 10.9. The Hall–Kier alpha value is -3.47. The summed E-state index contributed by atoms with van der Waals surface area (Å²) in [6.45, 7) is 6.11. The summed E-state index contributed by atoms with van der Waals surface area (Å²) in [6.07, 6.45) is -3.64. The van der Waals surface area contributed by atoms with Crippen LogP contribution in [0.5, 0.6) is 17.2 Å². The van der Waals surface area contributed by atoms with Gasteiger partial charge < -0.3 is 38.3 Å². The van der Waals surface area contributed by atoms with E-state index < -0.39 is 36.6 Å². The van der Waals surface area contributed by atoms with Crippen LogP contribution in [0.3, 0.4) is 0 Å². The topological polar surface area (TPSA) is 102 Å². The fraction of sp³-hybridized carbons (Fsp3) is 0.472. The molecule has 0 aliphatic carbocycles. The van der Waals surface area contributed by atoms with E-state index in [4.69, 9.17) is 33.2 Å². The smallest absolute Gasteiger partial charge is 0.132 e. The van der Waals surface area contributed by atoms with E-state index in [2.05, 4.69) is 0 Å². The van der Waals surface area contributed by atoms with Gasteiger partial charge in [0.25, 0.3) is 0 Å². The highest BCUT2D eigenvalue weighted by atomic mass is 16.6. The zero-order valence-corrected chi connectivity index (χ0v) is 27.0. The van der Waals surface area contributed by atoms with Crippen molar-refractivity contribution in [1.29, 1.82) is 0 Å². The Kier molecular flexibility index (Phi) is 12.8. The van der Waals surface area contributed by atoms with Crippen LogP contribution in [-0.4, -0.2) is 68.8 Å². The van der Waals surface area contributed by atoms with Crippen molar-refractivity contribution in [2.45, 2.75) is 83.6 Å². The van der Waals surface area contributed by atoms with Crippen molar-refractivity contribution in [3.05, 3.63) is 89.5 Å². The number of ketones is 1. The Balaban J connectivity index is 1.59. The van der Waals surface area contributed by atoms with Crippen molar-refractivity contribution < 1.29 is 43.1 Å². The molecule has 1 saturated heterocycles. The Morgan fingerprint density at radius 3 is 1.56 bits per heavy atom. The van der Waals surface area contributed by atoms with Crippen molar-refractivity contribution >= 4 is 5.78 Å². The van der Waals surface area contributed by atoms with Crippen LogP contribution in [0.25, 0.3) is 0 Å². The lowest BCUT2D eigenvalue weighted by Crippen LogP contribution is -2.60. The molecule has 7 atom stereocenters. The highest BCUT2D eigenvalue weighted by Gasteiger charge is 2.49. The molecule has 0 bridgehead atoms. The number of benzene rings is 3. The number of aliphatic hydroxyl groups is 1. The van der Waals surface area contributed by atoms with Crippen molar-refractivity contribution in [3.8, 4) is 17.2 Å². The van der Waals surface area contributed by atoms with Crippen molar-refractivity contribution in [1.82, 2.24) is 0 Å². The number of carbonyl (C=O) groups excluding carboxylic acids is 1. The van der Waals surface area contributed by atoms with Crippen LogP contribution in [0.15, 0.2) is 72.8 Å². The second kappa shape index (κ2) is 16.7. The maximum Gasteiger partial charge on any atom is 0.132 e. The minimum Gasteiger partial charge on any atom is -0.497 e. The van der Waals surface area contributed by atoms with E-state index in [0.717, 1.165) is 33.9 Å². The third-order valence-corrected chi connectivity index (χ3v) is 8.15. The van der Waals surface area contributed by atoms with Crippen LogP contribution in [0.1, 0.15) is 43.9 Å². The summed E-state index contributed by atoms with van der Waals surface area (Å²) in [5.74, 6) is 1.97. The molecule has 1 N–H and O–H groups in total. The SMILES string of the molecule is COc1ccc(CO[C@@H]2[C@@H](C)[C@H]([C@H](OCc3ccc(OC)cc3)[C@@H](C)O)O[C@H](CC(C)=O)[C@H]2OCc2ccc(OC)cc2)cc1. The molecule has 3 aromatic rings. The van der Waals surface area contributed by atoms with Crippen LogP contribution >= 0.6 is 0 Å². The monoisotopic (exact) mass is 622 g/mol. The maximum absolute atomic E-state index is 12.5. The number of aliphatic hydroxyl groups excluding tert-OH is 1. The first-order valence-corrected chi connectivity index (χ1v) is 15.3. The summed E-state index contributed by atoms with van der Waals surface area (Å²) < 4.78 is 42.0. The molecule has 1 aliphatic rings. The van der Waals surface area contributed by atoms with Gasteiger partial charge in [0.05, 0.1) is 65.6 Å². The molecule has 1 heterocycles. The van der Waals surface area contributed by atoms with Gasteiger partial charge in [-0.25, -0.2) is 0 Å².